The number of quaternary nitrogens is 1. The lowest BCUT2D eigenvalue weighted by Crippen LogP contribution is -2.92. The number of nitrogens with two attached hydrogens (primary N) is 1. The van der Waals surface area contributed by atoms with Crippen molar-refractivity contribution in [3.05, 3.63) is 59.1 Å². The molecular weight excluding hydrogens is 338 g/mol. The predicted molar refractivity (Wildman–Crippen MR) is 98.7 cm³/mol. The van der Waals surface area contributed by atoms with Crippen molar-refractivity contribution in [1.82, 2.24) is 0 Å². The van der Waals surface area contributed by atoms with E-state index in [4.69, 9.17) is 11.6 Å². The van der Waals surface area contributed by atoms with Gasteiger partial charge in [0.2, 0.25) is 5.91 Å². The van der Waals surface area contributed by atoms with Crippen LogP contribution in [0.5, 0.6) is 0 Å². The lowest BCUT2D eigenvalue weighted by Gasteiger charge is -2.30. The molecule has 1 aliphatic heterocycles. The van der Waals surface area contributed by atoms with E-state index in [1.807, 2.05) is 61.6 Å². The summed E-state index contributed by atoms with van der Waals surface area (Å²) < 4.78 is 0. The summed E-state index contributed by atoms with van der Waals surface area (Å²) in [6, 6.07) is 14.8. The van der Waals surface area contributed by atoms with Crippen molar-refractivity contribution >= 4 is 34.8 Å². The van der Waals surface area contributed by atoms with Crippen LogP contribution in [0.4, 0.5) is 11.4 Å². The van der Waals surface area contributed by atoms with Gasteiger partial charge in [0.15, 0.2) is 6.04 Å². The Bertz CT molecular complexity index is 792. The fraction of sp³-hybridized carbons (Fsp3) is 0.263. The van der Waals surface area contributed by atoms with Crippen LogP contribution in [-0.4, -0.2) is 24.4 Å². The number of carbonyl (C=O) groups is 2. The van der Waals surface area contributed by atoms with Gasteiger partial charge in [-0.25, -0.2) is 0 Å². The van der Waals surface area contributed by atoms with Crippen molar-refractivity contribution in [2.75, 3.05) is 16.8 Å². The maximum Gasteiger partial charge on any atom is 0.285 e. The molecule has 0 spiro atoms. The maximum absolute atomic E-state index is 12.9. The molecular formula is C19H21ClN3O2+. The van der Waals surface area contributed by atoms with Gasteiger partial charge in [-0.2, -0.15) is 0 Å². The number of benzene rings is 2. The summed E-state index contributed by atoms with van der Waals surface area (Å²) in [6.45, 7) is 3.96. The van der Waals surface area contributed by atoms with Crippen LogP contribution in [0.2, 0.25) is 5.02 Å². The Kier molecular flexibility index (Phi) is 5.06. The summed E-state index contributed by atoms with van der Waals surface area (Å²) in [5.41, 5.74) is 2.51. The van der Waals surface area contributed by atoms with E-state index in [2.05, 4.69) is 5.32 Å². The second-order valence-electron chi connectivity index (χ2n) is 6.31. The van der Waals surface area contributed by atoms with E-state index in [1.54, 1.807) is 11.0 Å². The second-order valence-corrected chi connectivity index (χ2v) is 6.75. The Morgan fingerprint density at radius 2 is 1.84 bits per heavy atom. The van der Waals surface area contributed by atoms with Crippen LogP contribution < -0.4 is 15.5 Å². The van der Waals surface area contributed by atoms with Crippen LogP contribution in [0, 0.1) is 0 Å². The molecule has 130 valence electrons. The van der Waals surface area contributed by atoms with Crippen molar-refractivity contribution in [3.8, 4) is 0 Å². The molecule has 0 fully saturated rings. The first kappa shape index (κ1) is 17.5. The Hall–Kier alpha value is -2.37. The summed E-state index contributed by atoms with van der Waals surface area (Å²) in [5.74, 6) is -0.256. The van der Waals surface area contributed by atoms with Gasteiger partial charge in [-0.15, -0.1) is 0 Å². The van der Waals surface area contributed by atoms with Gasteiger partial charge in [0.1, 0.15) is 12.6 Å². The summed E-state index contributed by atoms with van der Waals surface area (Å²) in [6.07, 6.45) is 0. The van der Waals surface area contributed by atoms with Gasteiger partial charge < -0.3 is 10.6 Å². The zero-order valence-electron chi connectivity index (χ0n) is 14.2. The molecule has 0 aliphatic carbocycles. The largest absolute Gasteiger partial charge is 0.330 e. The molecule has 2 amide bonds. The molecule has 2 atom stereocenters. The molecule has 1 aliphatic rings. The van der Waals surface area contributed by atoms with Crippen LogP contribution in [0.3, 0.4) is 0 Å². The Balaban J connectivity index is 1.74. The van der Waals surface area contributed by atoms with Gasteiger partial charge in [0.25, 0.3) is 5.91 Å². The number of anilines is 2. The van der Waals surface area contributed by atoms with Crippen LogP contribution in [0.1, 0.15) is 25.5 Å². The molecule has 0 aromatic heterocycles. The van der Waals surface area contributed by atoms with Gasteiger partial charge in [0, 0.05) is 10.6 Å². The van der Waals surface area contributed by atoms with E-state index in [-0.39, 0.29) is 30.4 Å². The van der Waals surface area contributed by atoms with Gasteiger partial charge in [-0.3, -0.25) is 14.5 Å². The van der Waals surface area contributed by atoms with Gasteiger partial charge >= 0.3 is 0 Å². The Morgan fingerprint density at radius 1 is 1.16 bits per heavy atom. The predicted octanol–water partition coefficient (Wildman–Crippen LogP) is 2.34. The number of nitrogens with zero attached hydrogens (tertiary/aromatic N) is 1. The number of rotatable bonds is 4. The van der Waals surface area contributed by atoms with E-state index in [0.717, 1.165) is 11.3 Å². The number of nitrogens with one attached hydrogen (secondary N) is 1. The lowest BCUT2D eigenvalue weighted by molar-refractivity contribution is -0.710. The highest BCUT2D eigenvalue weighted by molar-refractivity contribution is 6.30. The SMILES string of the molecule is C[C@H]([NH2+][C@@H](C)c1ccc(Cl)cc1)C(=O)N1CC(=O)Nc2ccccc21. The zero-order valence-corrected chi connectivity index (χ0v) is 15.0. The van der Waals surface area contributed by atoms with E-state index in [9.17, 15) is 9.59 Å². The third kappa shape index (κ3) is 3.83. The molecule has 25 heavy (non-hydrogen) atoms. The van der Waals surface area contributed by atoms with Crippen LogP contribution in [0.15, 0.2) is 48.5 Å². The number of amides is 2. The molecule has 2 aromatic carbocycles. The topological polar surface area (TPSA) is 66.0 Å². The quantitative estimate of drug-likeness (QED) is 0.881. The maximum atomic E-state index is 12.9. The number of carbonyl (C=O) groups excluding carboxylic acids is 2. The van der Waals surface area contributed by atoms with Crippen LogP contribution >= 0.6 is 11.6 Å². The average molecular weight is 359 g/mol. The normalized spacial score (nSPS) is 16.0. The molecule has 0 unspecified atom stereocenters. The third-order valence-electron chi connectivity index (χ3n) is 4.40. The Morgan fingerprint density at radius 3 is 2.56 bits per heavy atom. The van der Waals surface area contributed by atoms with Crippen molar-refractivity contribution < 1.29 is 14.9 Å². The Labute approximate surface area is 152 Å². The highest BCUT2D eigenvalue weighted by Crippen LogP contribution is 2.29. The highest BCUT2D eigenvalue weighted by atomic mass is 35.5. The molecule has 0 radical (unpaired) electrons. The second kappa shape index (κ2) is 7.25. The number of hydrogen-bond acceptors (Lipinski definition) is 2. The summed E-state index contributed by atoms with van der Waals surface area (Å²) in [4.78, 5) is 26.4. The fourth-order valence-electron chi connectivity index (χ4n) is 3.07. The molecule has 5 nitrogen and oxygen atoms in total. The van der Waals surface area contributed by atoms with Crippen LogP contribution in [0.25, 0.3) is 0 Å². The van der Waals surface area contributed by atoms with E-state index in [1.165, 1.54) is 0 Å². The van der Waals surface area contributed by atoms with Crippen molar-refractivity contribution in [3.63, 3.8) is 0 Å². The minimum Gasteiger partial charge on any atom is -0.330 e. The average Bonchev–Trinajstić information content (AvgIpc) is 2.60. The van der Waals surface area contributed by atoms with E-state index < -0.39 is 0 Å². The van der Waals surface area contributed by atoms with Crippen molar-refractivity contribution in [2.24, 2.45) is 0 Å². The lowest BCUT2D eigenvalue weighted by atomic mass is 10.1. The van der Waals surface area contributed by atoms with Gasteiger partial charge in [0.05, 0.1) is 11.4 Å². The highest BCUT2D eigenvalue weighted by Gasteiger charge is 2.32. The minimum atomic E-state index is -0.315. The molecule has 3 rings (SSSR count). The zero-order chi connectivity index (χ0) is 18.0. The first-order chi connectivity index (χ1) is 12.0. The van der Waals surface area contributed by atoms with Crippen LogP contribution in [-0.2, 0) is 9.59 Å². The van der Waals surface area contributed by atoms with Gasteiger partial charge in [-0.05, 0) is 38.1 Å². The molecule has 6 heteroatoms. The number of halogens is 1. The van der Waals surface area contributed by atoms with E-state index in [0.29, 0.717) is 10.7 Å². The third-order valence-corrected chi connectivity index (χ3v) is 4.65. The van der Waals surface area contributed by atoms with Gasteiger partial charge in [-0.1, -0.05) is 35.9 Å². The molecule has 2 aromatic rings. The summed E-state index contributed by atoms with van der Waals surface area (Å²) >= 11 is 5.93. The van der Waals surface area contributed by atoms with E-state index >= 15 is 0 Å². The molecule has 0 bridgehead atoms. The van der Waals surface area contributed by atoms with Crippen molar-refractivity contribution in [2.45, 2.75) is 25.9 Å². The molecule has 0 saturated heterocycles. The number of hydrogen-bond donors (Lipinski definition) is 2. The summed E-state index contributed by atoms with van der Waals surface area (Å²) in [7, 11) is 0. The fourth-order valence-corrected chi connectivity index (χ4v) is 3.19. The number of fused-ring (bicyclic) bond motifs is 1. The van der Waals surface area contributed by atoms with Crippen molar-refractivity contribution in [1.29, 1.82) is 0 Å². The number of para-hydroxylation sites is 2. The standard InChI is InChI=1S/C19H20ClN3O2/c1-12(14-7-9-15(20)10-8-14)21-13(2)19(25)23-11-18(24)22-16-5-3-4-6-17(16)23/h3-10,12-13,21H,11H2,1-2H3,(H,22,24)/p+1/t12-,13-/m0/s1. The monoisotopic (exact) mass is 358 g/mol. The molecule has 0 saturated carbocycles. The molecule has 1 heterocycles. The smallest absolute Gasteiger partial charge is 0.285 e. The minimum absolute atomic E-state index is 0.0450. The first-order valence-electron chi connectivity index (χ1n) is 8.26. The first-order valence-corrected chi connectivity index (χ1v) is 8.64. The molecule has 3 N–H and O–H groups in total. The summed E-state index contributed by atoms with van der Waals surface area (Å²) in [5, 5.41) is 5.49.